The standard InChI is InChI=1S/C15H9ClF4N4/c1-5-6(2)22-14-12(21-5)11(23-15(16)24-14)7-3-8(13(19)20)10(18)4-9(7)17/h3-4,13H,1-2H3. The van der Waals surface area contributed by atoms with Crippen LogP contribution in [0.3, 0.4) is 0 Å². The van der Waals surface area contributed by atoms with Crippen molar-refractivity contribution in [3.8, 4) is 11.3 Å². The highest BCUT2D eigenvalue weighted by molar-refractivity contribution is 6.28. The molecule has 0 fully saturated rings. The fourth-order valence-electron chi connectivity index (χ4n) is 2.19. The molecule has 0 aliphatic rings. The molecule has 124 valence electrons. The van der Waals surface area contributed by atoms with Crippen molar-refractivity contribution in [3.05, 3.63) is 46.0 Å². The number of nitrogens with zero attached hydrogens (tertiary/aromatic N) is 4. The monoisotopic (exact) mass is 356 g/mol. The van der Waals surface area contributed by atoms with E-state index in [4.69, 9.17) is 11.6 Å². The second-order valence-corrected chi connectivity index (χ2v) is 5.40. The highest BCUT2D eigenvalue weighted by Gasteiger charge is 2.22. The Hall–Kier alpha value is -2.35. The van der Waals surface area contributed by atoms with Crippen LogP contribution < -0.4 is 0 Å². The van der Waals surface area contributed by atoms with Gasteiger partial charge in [-0.3, -0.25) is 0 Å². The zero-order valence-corrected chi connectivity index (χ0v) is 13.2. The Balaban J connectivity index is 2.38. The van der Waals surface area contributed by atoms with E-state index in [2.05, 4.69) is 19.9 Å². The summed E-state index contributed by atoms with van der Waals surface area (Å²) in [6.07, 6.45) is -3.11. The number of hydrogen-bond donors (Lipinski definition) is 0. The van der Waals surface area contributed by atoms with Gasteiger partial charge < -0.3 is 0 Å². The Morgan fingerprint density at radius 3 is 2.25 bits per heavy atom. The molecule has 3 rings (SSSR count). The number of benzene rings is 1. The van der Waals surface area contributed by atoms with Crippen LogP contribution in [-0.2, 0) is 0 Å². The van der Waals surface area contributed by atoms with Crippen LogP contribution in [0.2, 0.25) is 5.28 Å². The lowest BCUT2D eigenvalue weighted by Crippen LogP contribution is -2.02. The summed E-state index contributed by atoms with van der Waals surface area (Å²) in [6, 6.07) is 1.08. The maximum atomic E-state index is 14.2. The van der Waals surface area contributed by atoms with Gasteiger partial charge in [0.05, 0.1) is 17.0 Å². The van der Waals surface area contributed by atoms with E-state index in [1.165, 1.54) is 0 Å². The SMILES string of the molecule is Cc1nc2nc(Cl)nc(-c3cc(C(F)F)c(F)cc3F)c2nc1C. The fourth-order valence-corrected chi connectivity index (χ4v) is 2.35. The van der Waals surface area contributed by atoms with Gasteiger partial charge in [0, 0.05) is 11.6 Å². The summed E-state index contributed by atoms with van der Waals surface area (Å²) in [5.41, 5.74) is -0.115. The van der Waals surface area contributed by atoms with Crippen LogP contribution in [0.15, 0.2) is 12.1 Å². The van der Waals surface area contributed by atoms with Gasteiger partial charge in [0.2, 0.25) is 5.28 Å². The number of aryl methyl sites for hydroxylation is 2. The van der Waals surface area contributed by atoms with E-state index in [0.717, 1.165) is 0 Å². The predicted molar refractivity (Wildman–Crippen MR) is 79.9 cm³/mol. The molecule has 3 aromatic rings. The molecule has 0 amide bonds. The van der Waals surface area contributed by atoms with Gasteiger partial charge in [-0.2, -0.15) is 4.98 Å². The van der Waals surface area contributed by atoms with Crippen molar-refractivity contribution >= 4 is 22.8 Å². The van der Waals surface area contributed by atoms with Crippen LogP contribution in [0, 0.1) is 25.5 Å². The van der Waals surface area contributed by atoms with Gasteiger partial charge in [-0.05, 0) is 31.5 Å². The van der Waals surface area contributed by atoms with Gasteiger partial charge in [0.15, 0.2) is 5.65 Å². The van der Waals surface area contributed by atoms with Crippen molar-refractivity contribution in [2.24, 2.45) is 0 Å². The van der Waals surface area contributed by atoms with E-state index in [0.29, 0.717) is 23.5 Å². The highest BCUT2D eigenvalue weighted by Crippen LogP contribution is 2.32. The Morgan fingerprint density at radius 2 is 1.58 bits per heavy atom. The number of hydrogen-bond acceptors (Lipinski definition) is 4. The van der Waals surface area contributed by atoms with E-state index in [1.807, 2.05) is 0 Å². The second kappa shape index (κ2) is 5.94. The number of halogens is 5. The van der Waals surface area contributed by atoms with E-state index >= 15 is 0 Å². The largest absolute Gasteiger partial charge is 0.266 e. The Morgan fingerprint density at radius 1 is 0.917 bits per heavy atom. The molecule has 4 nitrogen and oxygen atoms in total. The van der Waals surface area contributed by atoms with E-state index < -0.39 is 23.6 Å². The molecule has 24 heavy (non-hydrogen) atoms. The molecule has 0 N–H and O–H groups in total. The average molecular weight is 357 g/mol. The van der Waals surface area contributed by atoms with Crippen molar-refractivity contribution < 1.29 is 17.6 Å². The summed E-state index contributed by atoms with van der Waals surface area (Å²) in [7, 11) is 0. The molecule has 9 heteroatoms. The Bertz CT molecular complexity index is 962. The number of fused-ring (bicyclic) bond motifs is 1. The molecule has 2 aromatic heterocycles. The van der Waals surface area contributed by atoms with E-state index in [1.54, 1.807) is 13.8 Å². The van der Waals surface area contributed by atoms with Gasteiger partial charge in [-0.15, -0.1) is 0 Å². The molecular weight excluding hydrogens is 348 g/mol. The molecule has 0 bridgehead atoms. The summed E-state index contributed by atoms with van der Waals surface area (Å²) in [6.45, 7) is 3.37. The molecule has 0 unspecified atom stereocenters. The third-order valence-electron chi connectivity index (χ3n) is 3.49. The van der Waals surface area contributed by atoms with Crippen LogP contribution in [0.1, 0.15) is 23.4 Å². The van der Waals surface area contributed by atoms with Gasteiger partial charge in [0.25, 0.3) is 6.43 Å². The molecular formula is C15H9ClF4N4. The minimum absolute atomic E-state index is 0.0909. The molecule has 0 aliphatic carbocycles. The predicted octanol–water partition coefficient (Wildman–Crippen LogP) is 4.57. The van der Waals surface area contributed by atoms with Crippen LogP contribution >= 0.6 is 11.6 Å². The second-order valence-electron chi connectivity index (χ2n) is 5.06. The summed E-state index contributed by atoms with van der Waals surface area (Å²) >= 11 is 5.82. The number of alkyl halides is 2. The smallest absolute Gasteiger partial charge is 0.246 e. The van der Waals surface area contributed by atoms with E-state index in [-0.39, 0.29) is 27.7 Å². The maximum absolute atomic E-state index is 14.2. The zero-order valence-electron chi connectivity index (χ0n) is 12.4. The minimum Gasteiger partial charge on any atom is -0.246 e. The zero-order chi connectivity index (χ0) is 17.6. The first-order chi connectivity index (χ1) is 11.3. The van der Waals surface area contributed by atoms with Crippen LogP contribution in [0.4, 0.5) is 17.6 Å². The first-order valence-electron chi connectivity index (χ1n) is 6.74. The maximum Gasteiger partial charge on any atom is 0.266 e. The summed E-state index contributed by atoms with van der Waals surface area (Å²) in [5, 5.41) is -0.252. The lowest BCUT2D eigenvalue weighted by molar-refractivity contribution is 0.146. The summed E-state index contributed by atoms with van der Waals surface area (Å²) < 4.78 is 53.5. The topological polar surface area (TPSA) is 51.6 Å². The van der Waals surface area contributed by atoms with Crippen molar-refractivity contribution in [2.75, 3.05) is 0 Å². The van der Waals surface area contributed by atoms with Gasteiger partial charge >= 0.3 is 0 Å². The number of aromatic nitrogens is 4. The van der Waals surface area contributed by atoms with E-state index in [9.17, 15) is 17.6 Å². The van der Waals surface area contributed by atoms with Gasteiger partial charge in [-0.25, -0.2) is 32.5 Å². The lowest BCUT2D eigenvalue weighted by Gasteiger charge is -2.10. The quantitative estimate of drug-likeness (QED) is 0.498. The summed E-state index contributed by atoms with van der Waals surface area (Å²) in [4.78, 5) is 16.2. The van der Waals surface area contributed by atoms with Crippen molar-refractivity contribution in [1.82, 2.24) is 19.9 Å². The minimum atomic E-state index is -3.11. The molecule has 0 radical (unpaired) electrons. The molecule has 0 atom stereocenters. The lowest BCUT2D eigenvalue weighted by atomic mass is 10.1. The molecule has 0 saturated carbocycles. The van der Waals surface area contributed by atoms with Gasteiger partial charge in [-0.1, -0.05) is 0 Å². The van der Waals surface area contributed by atoms with Crippen LogP contribution in [0.25, 0.3) is 22.4 Å². The van der Waals surface area contributed by atoms with Crippen molar-refractivity contribution in [3.63, 3.8) is 0 Å². The van der Waals surface area contributed by atoms with Crippen LogP contribution in [0.5, 0.6) is 0 Å². The van der Waals surface area contributed by atoms with Crippen molar-refractivity contribution in [2.45, 2.75) is 20.3 Å². The molecule has 0 aliphatic heterocycles. The third kappa shape index (κ3) is 2.77. The normalized spacial score (nSPS) is 11.5. The fraction of sp³-hybridized carbons (Fsp3) is 0.200. The van der Waals surface area contributed by atoms with Crippen molar-refractivity contribution in [1.29, 1.82) is 0 Å². The first-order valence-corrected chi connectivity index (χ1v) is 7.11. The molecule has 2 heterocycles. The molecule has 0 saturated heterocycles. The Kier molecular flexibility index (Phi) is 4.08. The molecule has 0 spiro atoms. The molecule has 1 aromatic carbocycles. The highest BCUT2D eigenvalue weighted by atomic mass is 35.5. The average Bonchev–Trinajstić information content (AvgIpc) is 2.48. The summed E-state index contributed by atoms with van der Waals surface area (Å²) in [5.74, 6) is -2.40. The third-order valence-corrected chi connectivity index (χ3v) is 3.66. The Labute approximate surface area is 138 Å². The first kappa shape index (κ1) is 16.5. The number of rotatable bonds is 2. The van der Waals surface area contributed by atoms with Gasteiger partial charge in [0.1, 0.15) is 22.8 Å². The van der Waals surface area contributed by atoms with Crippen LogP contribution in [-0.4, -0.2) is 19.9 Å².